The predicted octanol–water partition coefficient (Wildman–Crippen LogP) is 10.0. The van der Waals surface area contributed by atoms with Gasteiger partial charge in [0.25, 0.3) is 0 Å². The van der Waals surface area contributed by atoms with Crippen molar-refractivity contribution < 1.29 is 24.1 Å². The van der Waals surface area contributed by atoms with Crippen LogP contribution in [0.4, 0.5) is 0 Å². The van der Waals surface area contributed by atoms with Gasteiger partial charge in [-0.1, -0.05) is 117 Å². The molecule has 0 aromatic heterocycles. The van der Waals surface area contributed by atoms with Crippen molar-refractivity contribution in [2.24, 2.45) is 0 Å². The van der Waals surface area contributed by atoms with Crippen molar-refractivity contribution in [3.8, 4) is 17.2 Å². The molecule has 5 nitrogen and oxygen atoms in total. The van der Waals surface area contributed by atoms with Crippen molar-refractivity contribution in [1.29, 1.82) is 0 Å². The summed E-state index contributed by atoms with van der Waals surface area (Å²) < 4.78 is 18.7. The molecular weight excluding hydrogens is 476 g/mol. The fourth-order valence-corrected chi connectivity index (χ4v) is 4.40. The van der Waals surface area contributed by atoms with Gasteiger partial charge in [-0.25, -0.2) is 4.79 Å². The third-order valence-electron chi connectivity index (χ3n) is 6.72. The minimum Gasteiger partial charge on any atom is -0.490 e. The first-order valence-electron chi connectivity index (χ1n) is 15.6. The number of rotatable bonds is 26. The fourth-order valence-electron chi connectivity index (χ4n) is 4.40. The van der Waals surface area contributed by atoms with Gasteiger partial charge in [-0.05, 0) is 43.0 Å². The summed E-state index contributed by atoms with van der Waals surface area (Å²) in [6, 6.07) is 3.76. The summed E-state index contributed by atoms with van der Waals surface area (Å²) in [5.74, 6) is 0.977. The van der Waals surface area contributed by atoms with E-state index in [1.165, 1.54) is 77.0 Å². The van der Waals surface area contributed by atoms with Crippen LogP contribution in [0.2, 0.25) is 0 Å². The lowest BCUT2D eigenvalue weighted by molar-refractivity contribution is -0.131. The first kappa shape index (κ1) is 33.9. The topological polar surface area (TPSA) is 65.0 Å². The van der Waals surface area contributed by atoms with E-state index in [0.29, 0.717) is 37.1 Å². The summed E-state index contributed by atoms with van der Waals surface area (Å²) >= 11 is 0. The SMILES string of the molecule is CCCCCCCCOc1cc(C=CC(=O)O)cc(OCCCCCCCC)c1OCCCCCCCC. The molecule has 0 aliphatic carbocycles. The van der Waals surface area contributed by atoms with Gasteiger partial charge in [0, 0.05) is 6.08 Å². The van der Waals surface area contributed by atoms with Crippen LogP contribution in [-0.2, 0) is 4.79 Å². The highest BCUT2D eigenvalue weighted by molar-refractivity contribution is 5.85. The van der Waals surface area contributed by atoms with E-state index in [2.05, 4.69) is 20.8 Å². The number of carboxylic acid groups (broad SMARTS) is 1. The minimum absolute atomic E-state index is 0.614. The van der Waals surface area contributed by atoms with E-state index < -0.39 is 5.97 Å². The Hall–Kier alpha value is -2.17. The number of hydrogen-bond donors (Lipinski definition) is 1. The zero-order chi connectivity index (χ0) is 27.7. The lowest BCUT2D eigenvalue weighted by Gasteiger charge is -2.18. The molecule has 5 heteroatoms. The molecule has 1 aromatic carbocycles. The summed E-state index contributed by atoms with van der Waals surface area (Å²) in [4.78, 5) is 11.1. The smallest absolute Gasteiger partial charge is 0.328 e. The molecule has 0 spiro atoms. The lowest BCUT2D eigenvalue weighted by atomic mass is 10.1. The van der Waals surface area contributed by atoms with Crippen LogP contribution in [0.5, 0.6) is 17.2 Å². The third kappa shape index (κ3) is 17.4. The molecular formula is C33H56O5. The molecule has 1 rings (SSSR count). The maximum absolute atomic E-state index is 11.1. The maximum atomic E-state index is 11.1. The van der Waals surface area contributed by atoms with Gasteiger partial charge in [0.2, 0.25) is 5.75 Å². The van der Waals surface area contributed by atoms with Crippen molar-refractivity contribution in [3.63, 3.8) is 0 Å². The number of carbonyl (C=O) groups is 1. The summed E-state index contributed by atoms with van der Waals surface area (Å²) in [5.41, 5.74) is 0.746. The molecule has 0 atom stereocenters. The number of hydrogen-bond acceptors (Lipinski definition) is 4. The molecule has 0 heterocycles. The van der Waals surface area contributed by atoms with Gasteiger partial charge in [0.15, 0.2) is 11.5 Å². The first-order valence-corrected chi connectivity index (χ1v) is 15.6. The average Bonchev–Trinajstić information content (AvgIpc) is 2.91. The summed E-state index contributed by atoms with van der Waals surface area (Å²) in [6.45, 7) is 8.54. The Morgan fingerprint density at radius 3 is 1.37 bits per heavy atom. The molecule has 0 fully saturated rings. The number of benzene rings is 1. The lowest BCUT2D eigenvalue weighted by Crippen LogP contribution is -2.07. The van der Waals surface area contributed by atoms with Gasteiger partial charge < -0.3 is 19.3 Å². The predicted molar refractivity (Wildman–Crippen MR) is 160 cm³/mol. The van der Waals surface area contributed by atoms with E-state index in [0.717, 1.165) is 50.2 Å². The van der Waals surface area contributed by atoms with Crippen molar-refractivity contribution in [3.05, 3.63) is 23.8 Å². The van der Waals surface area contributed by atoms with Crippen LogP contribution in [0, 0.1) is 0 Å². The molecule has 1 aromatic rings. The van der Waals surface area contributed by atoms with Gasteiger partial charge in [-0.2, -0.15) is 0 Å². The molecule has 218 valence electrons. The van der Waals surface area contributed by atoms with Crippen LogP contribution in [0.3, 0.4) is 0 Å². The van der Waals surface area contributed by atoms with Crippen LogP contribution in [0.25, 0.3) is 6.08 Å². The van der Waals surface area contributed by atoms with Gasteiger partial charge in [-0.3, -0.25) is 0 Å². The molecule has 0 amide bonds. The minimum atomic E-state index is -0.975. The van der Waals surface area contributed by atoms with E-state index in [4.69, 9.17) is 19.3 Å². The van der Waals surface area contributed by atoms with Crippen LogP contribution < -0.4 is 14.2 Å². The quantitative estimate of drug-likeness (QED) is 0.0949. The van der Waals surface area contributed by atoms with Crippen LogP contribution in [0.15, 0.2) is 18.2 Å². The second-order valence-electron chi connectivity index (χ2n) is 10.4. The largest absolute Gasteiger partial charge is 0.490 e. The molecule has 0 aliphatic heterocycles. The molecule has 0 saturated carbocycles. The summed E-state index contributed by atoms with van der Waals surface area (Å²) in [7, 11) is 0. The monoisotopic (exact) mass is 532 g/mol. The van der Waals surface area contributed by atoms with Crippen molar-refractivity contribution in [2.45, 2.75) is 136 Å². The normalized spacial score (nSPS) is 11.2. The average molecular weight is 533 g/mol. The number of aliphatic carboxylic acids is 1. The van der Waals surface area contributed by atoms with E-state index >= 15 is 0 Å². The number of carboxylic acids is 1. The van der Waals surface area contributed by atoms with E-state index in [1.807, 2.05) is 12.1 Å². The second kappa shape index (κ2) is 23.9. The Morgan fingerprint density at radius 1 is 0.605 bits per heavy atom. The Kier molecular flexibility index (Phi) is 21.3. The first-order chi connectivity index (χ1) is 18.6. The summed E-state index contributed by atoms with van der Waals surface area (Å²) in [5, 5.41) is 9.14. The number of unbranched alkanes of at least 4 members (excludes halogenated alkanes) is 15. The molecule has 0 radical (unpaired) electrons. The van der Waals surface area contributed by atoms with Gasteiger partial charge in [-0.15, -0.1) is 0 Å². The molecule has 0 bridgehead atoms. The maximum Gasteiger partial charge on any atom is 0.328 e. The summed E-state index contributed by atoms with van der Waals surface area (Å²) in [6.07, 6.45) is 24.3. The van der Waals surface area contributed by atoms with Crippen molar-refractivity contribution >= 4 is 12.0 Å². The zero-order valence-electron chi connectivity index (χ0n) is 24.7. The number of ether oxygens (including phenoxy) is 3. The van der Waals surface area contributed by atoms with Gasteiger partial charge in [0.05, 0.1) is 19.8 Å². The molecule has 38 heavy (non-hydrogen) atoms. The zero-order valence-corrected chi connectivity index (χ0v) is 24.7. The van der Waals surface area contributed by atoms with Gasteiger partial charge >= 0.3 is 5.97 Å². The highest BCUT2D eigenvalue weighted by Crippen LogP contribution is 2.40. The highest BCUT2D eigenvalue weighted by atomic mass is 16.5. The van der Waals surface area contributed by atoms with E-state index in [1.54, 1.807) is 6.08 Å². The Morgan fingerprint density at radius 2 is 0.974 bits per heavy atom. The molecule has 0 saturated heterocycles. The van der Waals surface area contributed by atoms with Crippen LogP contribution in [0.1, 0.15) is 142 Å². The van der Waals surface area contributed by atoms with Crippen LogP contribution >= 0.6 is 0 Å². The van der Waals surface area contributed by atoms with E-state index in [-0.39, 0.29) is 0 Å². The van der Waals surface area contributed by atoms with Crippen molar-refractivity contribution in [2.75, 3.05) is 19.8 Å². The van der Waals surface area contributed by atoms with Crippen LogP contribution in [-0.4, -0.2) is 30.9 Å². The molecule has 0 aliphatic rings. The Labute approximate surface area is 233 Å². The highest BCUT2D eigenvalue weighted by Gasteiger charge is 2.16. The fraction of sp³-hybridized carbons (Fsp3) is 0.727. The third-order valence-corrected chi connectivity index (χ3v) is 6.72. The standard InChI is InChI=1S/C33H56O5/c1-4-7-10-13-16-19-24-36-30-27-29(22-23-32(34)35)28-31(37-25-20-17-14-11-8-5-2)33(30)38-26-21-18-15-12-9-6-3/h22-23,27-28H,4-21,24-26H2,1-3H3,(H,34,35). The Bertz CT molecular complexity index is 704. The Balaban J connectivity index is 2.90. The second-order valence-corrected chi connectivity index (χ2v) is 10.4. The van der Waals surface area contributed by atoms with E-state index in [9.17, 15) is 4.79 Å². The van der Waals surface area contributed by atoms with Gasteiger partial charge in [0.1, 0.15) is 0 Å². The molecule has 1 N–H and O–H groups in total. The molecule has 0 unspecified atom stereocenters. The van der Waals surface area contributed by atoms with Crippen molar-refractivity contribution in [1.82, 2.24) is 0 Å².